The summed E-state index contributed by atoms with van der Waals surface area (Å²) in [6.45, 7) is 0.689. The molecule has 4 heteroatoms. The molecule has 1 N–H and O–H groups in total. The lowest BCUT2D eigenvalue weighted by Gasteiger charge is -2.22. The molecule has 0 bridgehead atoms. The van der Waals surface area contributed by atoms with Crippen LogP contribution in [0.2, 0.25) is 0 Å². The van der Waals surface area contributed by atoms with Crippen LogP contribution in [0, 0.1) is 5.82 Å². The molecule has 2 aromatic rings. The number of carboxylic acids is 1. The number of anilines is 2. The first-order chi connectivity index (χ1) is 10.2. The number of hydrogen-bond acceptors (Lipinski definition) is 2. The SMILES string of the molecule is O=C(O)/C=C/c1cccc(F)c1N1CCc2ccccc21. The molecule has 1 heterocycles. The van der Waals surface area contributed by atoms with Crippen LogP contribution in [0.3, 0.4) is 0 Å². The van der Waals surface area contributed by atoms with Gasteiger partial charge in [-0.2, -0.15) is 0 Å². The average Bonchev–Trinajstić information content (AvgIpc) is 2.89. The highest BCUT2D eigenvalue weighted by atomic mass is 19.1. The van der Waals surface area contributed by atoms with Gasteiger partial charge >= 0.3 is 5.97 Å². The number of nitrogens with zero attached hydrogens (tertiary/aromatic N) is 1. The van der Waals surface area contributed by atoms with E-state index in [2.05, 4.69) is 0 Å². The number of hydrogen-bond donors (Lipinski definition) is 1. The Kier molecular flexibility index (Phi) is 3.44. The fourth-order valence-corrected chi connectivity index (χ4v) is 2.68. The van der Waals surface area contributed by atoms with Crippen LogP contribution < -0.4 is 4.90 Å². The van der Waals surface area contributed by atoms with Gasteiger partial charge < -0.3 is 10.0 Å². The van der Waals surface area contributed by atoms with E-state index in [0.717, 1.165) is 18.2 Å². The molecule has 2 aromatic carbocycles. The summed E-state index contributed by atoms with van der Waals surface area (Å²) in [5, 5.41) is 8.76. The molecule has 106 valence electrons. The van der Waals surface area contributed by atoms with Crippen molar-refractivity contribution in [2.45, 2.75) is 6.42 Å². The van der Waals surface area contributed by atoms with Gasteiger partial charge in [0.2, 0.25) is 0 Å². The lowest BCUT2D eigenvalue weighted by atomic mass is 10.1. The minimum Gasteiger partial charge on any atom is -0.478 e. The third-order valence-corrected chi connectivity index (χ3v) is 3.58. The maximum absolute atomic E-state index is 14.3. The van der Waals surface area contributed by atoms with E-state index >= 15 is 0 Å². The Morgan fingerprint density at radius 1 is 1.19 bits per heavy atom. The molecular weight excluding hydrogens is 269 g/mol. The Morgan fingerprint density at radius 2 is 2.00 bits per heavy atom. The van der Waals surface area contributed by atoms with Crippen molar-refractivity contribution in [3.8, 4) is 0 Å². The first-order valence-corrected chi connectivity index (χ1v) is 6.72. The van der Waals surface area contributed by atoms with Crippen molar-refractivity contribution in [2.24, 2.45) is 0 Å². The molecule has 0 saturated carbocycles. The van der Waals surface area contributed by atoms with Gasteiger partial charge in [0.1, 0.15) is 5.82 Å². The number of carbonyl (C=O) groups is 1. The Hall–Kier alpha value is -2.62. The van der Waals surface area contributed by atoms with E-state index in [1.807, 2.05) is 29.2 Å². The van der Waals surface area contributed by atoms with E-state index in [1.54, 1.807) is 12.1 Å². The van der Waals surface area contributed by atoms with E-state index in [9.17, 15) is 9.18 Å². The number of carboxylic acid groups (broad SMARTS) is 1. The molecule has 21 heavy (non-hydrogen) atoms. The molecule has 0 amide bonds. The van der Waals surface area contributed by atoms with E-state index < -0.39 is 5.97 Å². The van der Waals surface area contributed by atoms with Gasteiger partial charge in [0.25, 0.3) is 0 Å². The fourth-order valence-electron chi connectivity index (χ4n) is 2.68. The third-order valence-electron chi connectivity index (χ3n) is 3.58. The maximum atomic E-state index is 14.3. The lowest BCUT2D eigenvalue weighted by molar-refractivity contribution is -0.131. The number of aliphatic carboxylic acids is 1. The molecule has 0 atom stereocenters. The zero-order valence-electron chi connectivity index (χ0n) is 11.3. The van der Waals surface area contributed by atoms with Crippen LogP contribution in [0.1, 0.15) is 11.1 Å². The summed E-state index contributed by atoms with van der Waals surface area (Å²) in [6, 6.07) is 12.6. The summed E-state index contributed by atoms with van der Waals surface area (Å²) in [5.74, 6) is -1.40. The Balaban J connectivity index is 2.09. The minimum absolute atomic E-state index is 0.348. The van der Waals surface area contributed by atoms with E-state index in [0.29, 0.717) is 17.8 Å². The molecule has 0 radical (unpaired) electrons. The third kappa shape index (κ3) is 2.52. The maximum Gasteiger partial charge on any atom is 0.328 e. The van der Waals surface area contributed by atoms with Gasteiger partial charge in [-0.25, -0.2) is 9.18 Å². The molecule has 1 aliphatic heterocycles. The van der Waals surface area contributed by atoms with E-state index in [4.69, 9.17) is 5.11 Å². The predicted octanol–water partition coefficient (Wildman–Crippen LogP) is 3.62. The highest BCUT2D eigenvalue weighted by Gasteiger charge is 2.23. The molecule has 0 spiro atoms. The summed E-state index contributed by atoms with van der Waals surface area (Å²) in [6.07, 6.45) is 3.31. The second-order valence-corrected chi connectivity index (χ2v) is 4.88. The van der Waals surface area contributed by atoms with Gasteiger partial charge in [-0.15, -0.1) is 0 Å². The largest absolute Gasteiger partial charge is 0.478 e. The van der Waals surface area contributed by atoms with Gasteiger partial charge in [-0.05, 0) is 30.2 Å². The standard InChI is InChI=1S/C17H14FNO2/c18-14-6-3-5-13(8-9-16(20)21)17(14)19-11-10-12-4-1-2-7-15(12)19/h1-9H,10-11H2,(H,20,21)/b9-8+. The van der Waals surface area contributed by atoms with E-state index in [1.165, 1.54) is 17.7 Å². The van der Waals surface area contributed by atoms with Gasteiger partial charge in [-0.3, -0.25) is 0 Å². The van der Waals surface area contributed by atoms with Crippen LogP contribution in [-0.4, -0.2) is 17.6 Å². The van der Waals surface area contributed by atoms with Gasteiger partial charge in [0, 0.05) is 23.9 Å². The molecule has 0 fully saturated rings. The van der Waals surface area contributed by atoms with Crippen molar-refractivity contribution in [1.82, 2.24) is 0 Å². The number of rotatable bonds is 3. The average molecular weight is 283 g/mol. The van der Waals surface area contributed by atoms with Gasteiger partial charge in [0.15, 0.2) is 0 Å². The molecule has 3 nitrogen and oxygen atoms in total. The highest BCUT2D eigenvalue weighted by Crippen LogP contribution is 2.38. The second kappa shape index (κ2) is 5.40. The molecule has 1 aliphatic rings. The van der Waals surface area contributed by atoms with Crippen molar-refractivity contribution in [2.75, 3.05) is 11.4 Å². The van der Waals surface area contributed by atoms with Crippen molar-refractivity contribution < 1.29 is 14.3 Å². The predicted molar refractivity (Wildman–Crippen MR) is 80.2 cm³/mol. The van der Waals surface area contributed by atoms with Gasteiger partial charge in [0.05, 0.1) is 5.69 Å². The summed E-state index contributed by atoms with van der Waals surface area (Å²) < 4.78 is 14.3. The number of halogens is 1. The van der Waals surface area contributed by atoms with Crippen LogP contribution in [0.5, 0.6) is 0 Å². The normalized spacial score (nSPS) is 13.7. The Labute approximate surface area is 121 Å². The number of benzene rings is 2. The van der Waals surface area contributed by atoms with E-state index in [-0.39, 0.29) is 5.82 Å². The summed E-state index contributed by atoms with van der Waals surface area (Å²) >= 11 is 0. The molecule has 0 aromatic heterocycles. The molecule has 0 aliphatic carbocycles. The fraction of sp³-hybridized carbons (Fsp3) is 0.118. The zero-order chi connectivity index (χ0) is 14.8. The molecular formula is C17H14FNO2. The van der Waals surface area contributed by atoms with Crippen molar-refractivity contribution in [3.05, 3.63) is 65.5 Å². The minimum atomic E-state index is -1.05. The van der Waals surface area contributed by atoms with Crippen LogP contribution >= 0.6 is 0 Å². The molecule has 0 saturated heterocycles. The molecule has 3 rings (SSSR count). The van der Waals surface area contributed by atoms with Crippen molar-refractivity contribution >= 4 is 23.4 Å². The first kappa shape index (κ1) is 13.4. The van der Waals surface area contributed by atoms with Crippen molar-refractivity contribution in [3.63, 3.8) is 0 Å². The first-order valence-electron chi connectivity index (χ1n) is 6.72. The second-order valence-electron chi connectivity index (χ2n) is 4.88. The Morgan fingerprint density at radius 3 is 2.81 bits per heavy atom. The van der Waals surface area contributed by atoms with Crippen LogP contribution in [0.15, 0.2) is 48.5 Å². The van der Waals surface area contributed by atoms with Gasteiger partial charge in [-0.1, -0.05) is 30.3 Å². The monoisotopic (exact) mass is 283 g/mol. The number of fused-ring (bicyclic) bond motifs is 1. The summed E-state index contributed by atoms with van der Waals surface area (Å²) in [4.78, 5) is 12.6. The van der Waals surface area contributed by atoms with Crippen LogP contribution in [0.25, 0.3) is 6.08 Å². The summed E-state index contributed by atoms with van der Waals surface area (Å²) in [7, 11) is 0. The van der Waals surface area contributed by atoms with Crippen molar-refractivity contribution in [1.29, 1.82) is 0 Å². The smallest absolute Gasteiger partial charge is 0.328 e. The quantitative estimate of drug-likeness (QED) is 0.875. The zero-order valence-corrected chi connectivity index (χ0v) is 11.3. The lowest BCUT2D eigenvalue weighted by Crippen LogP contribution is -2.16. The molecule has 0 unspecified atom stereocenters. The summed E-state index contributed by atoms with van der Waals surface area (Å²) in [5.41, 5.74) is 3.15. The Bertz CT molecular complexity index is 724. The number of para-hydroxylation sites is 2. The topological polar surface area (TPSA) is 40.5 Å². The highest BCUT2D eigenvalue weighted by molar-refractivity contribution is 5.88. The van der Waals surface area contributed by atoms with Crippen LogP contribution in [0.4, 0.5) is 15.8 Å². The van der Waals surface area contributed by atoms with Crippen LogP contribution in [-0.2, 0) is 11.2 Å².